The van der Waals surface area contributed by atoms with E-state index in [4.69, 9.17) is 0 Å². The number of hydrogen-bond acceptors (Lipinski definition) is 1. The van der Waals surface area contributed by atoms with Crippen molar-refractivity contribution >= 4 is 118 Å². The maximum absolute atomic E-state index is 9.59. The molecular formula is C129H73N. The van der Waals surface area contributed by atoms with Crippen LogP contribution in [0.25, 0.3) is 297 Å². The van der Waals surface area contributed by atoms with Gasteiger partial charge in [0, 0.05) is 0 Å². The topological polar surface area (TPSA) is 23.8 Å². The molecule has 0 aliphatic heterocycles. The zero-order valence-electron chi connectivity index (χ0n) is 70.6. The Labute approximate surface area is 750 Å². The van der Waals surface area contributed by atoms with E-state index in [1.54, 1.807) is 0 Å². The van der Waals surface area contributed by atoms with Crippen LogP contribution in [0.2, 0.25) is 0 Å². The highest BCUT2D eigenvalue weighted by molar-refractivity contribution is 6.40. The average molecular weight is 1640 g/mol. The molecule has 0 spiro atoms. The van der Waals surface area contributed by atoms with Crippen molar-refractivity contribution in [3.8, 4) is 184 Å². The van der Waals surface area contributed by atoms with Crippen molar-refractivity contribution in [2.75, 3.05) is 0 Å². The van der Waals surface area contributed by atoms with Gasteiger partial charge in [-0.05, 0) is 345 Å². The summed E-state index contributed by atoms with van der Waals surface area (Å²) >= 11 is 0. The summed E-state index contributed by atoms with van der Waals surface area (Å²) in [6, 6.07) is 169. The summed E-state index contributed by atoms with van der Waals surface area (Å²) < 4.78 is 0. The van der Waals surface area contributed by atoms with E-state index in [0.29, 0.717) is 5.56 Å². The normalized spacial score (nSPS) is 12.1. The highest BCUT2D eigenvalue weighted by atomic mass is 14.4. The quantitative estimate of drug-likeness (QED) is 0.125. The van der Waals surface area contributed by atoms with Gasteiger partial charge in [0.1, 0.15) is 0 Å². The van der Waals surface area contributed by atoms with E-state index in [1.165, 1.54) is 258 Å². The van der Waals surface area contributed by atoms with Gasteiger partial charge in [-0.2, -0.15) is 5.26 Å². The molecule has 0 amide bonds. The first-order valence-electron chi connectivity index (χ1n) is 45.1. The lowest BCUT2D eigenvalue weighted by molar-refractivity contribution is 1.48. The molecule has 0 heterocycles. The third-order valence-electron chi connectivity index (χ3n) is 29.0. The number of rotatable bonds is 10. The molecule has 0 unspecified atom stereocenters. The number of nitrogens with zero attached hydrogens (tertiary/aromatic N) is 1. The van der Waals surface area contributed by atoms with Gasteiger partial charge in [0.25, 0.3) is 0 Å². The second-order valence-corrected chi connectivity index (χ2v) is 35.6. The Hall–Kier alpha value is -17.2. The molecule has 25 aromatic carbocycles. The van der Waals surface area contributed by atoms with E-state index in [1.807, 2.05) is 24.3 Å². The summed E-state index contributed by atoms with van der Waals surface area (Å²) in [5.41, 5.74) is 39.8. The Bertz CT molecular complexity index is 9310. The molecule has 3 aliphatic carbocycles. The summed E-state index contributed by atoms with van der Waals surface area (Å²) in [5, 5.41) is 37.0. The third-order valence-corrected chi connectivity index (χ3v) is 29.0. The lowest BCUT2D eigenvalue weighted by Gasteiger charge is -2.21. The van der Waals surface area contributed by atoms with Crippen LogP contribution in [-0.4, -0.2) is 0 Å². The molecule has 0 radical (unpaired) electrons. The van der Waals surface area contributed by atoms with Gasteiger partial charge in [0.15, 0.2) is 0 Å². The summed E-state index contributed by atoms with van der Waals surface area (Å²) in [6.45, 7) is 0. The third kappa shape index (κ3) is 10.4. The van der Waals surface area contributed by atoms with Crippen LogP contribution in [0.1, 0.15) is 5.56 Å². The van der Waals surface area contributed by atoms with Crippen molar-refractivity contribution in [3.63, 3.8) is 0 Å². The highest BCUT2D eigenvalue weighted by Crippen LogP contribution is 2.65. The number of fused-ring (bicyclic) bond motifs is 23. The molecular weight excluding hydrogens is 1560 g/mol. The predicted octanol–water partition coefficient (Wildman–Crippen LogP) is 35.9. The van der Waals surface area contributed by atoms with Crippen LogP contribution in [0.5, 0.6) is 0 Å². The van der Waals surface area contributed by atoms with E-state index >= 15 is 0 Å². The van der Waals surface area contributed by atoms with Crippen molar-refractivity contribution in [2.24, 2.45) is 0 Å². The van der Waals surface area contributed by atoms with Gasteiger partial charge in [-0.15, -0.1) is 0 Å². The van der Waals surface area contributed by atoms with E-state index in [0.717, 1.165) is 38.9 Å². The Morgan fingerprint density at radius 1 is 0.123 bits per heavy atom. The molecule has 130 heavy (non-hydrogen) atoms. The molecule has 1 nitrogen and oxygen atoms in total. The zero-order chi connectivity index (χ0) is 85.1. The maximum atomic E-state index is 9.59. The van der Waals surface area contributed by atoms with E-state index in [9.17, 15) is 5.26 Å². The van der Waals surface area contributed by atoms with Gasteiger partial charge in [0.05, 0.1) is 11.6 Å². The highest BCUT2D eigenvalue weighted by Gasteiger charge is 2.37. The van der Waals surface area contributed by atoms with Crippen LogP contribution < -0.4 is 0 Å². The van der Waals surface area contributed by atoms with Crippen LogP contribution in [0, 0.1) is 11.3 Å². The van der Waals surface area contributed by atoms with Crippen LogP contribution in [0.3, 0.4) is 0 Å². The van der Waals surface area contributed by atoms with Crippen molar-refractivity contribution < 1.29 is 0 Å². The summed E-state index contributed by atoms with van der Waals surface area (Å²) in [4.78, 5) is 0. The van der Waals surface area contributed by atoms with Gasteiger partial charge in [0.2, 0.25) is 0 Å². The first-order valence-corrected chi connectivity index (χ1v) is 45.1. The van der Waals surface area contributed by atoms with Gasteiger partial charge in [-0.1, -0.05) is 394 Å². The number of hydrogen-bond donors (Lipinski definition) is 0. The summed E-state index contributed by atoms with van der Waals surface area (Å²) in [6.07, 6.45) is 0. The molecule has 0 saturated heterocycles. The largest absolute Gasteiger partial charge is 0.192 e. The van der Waals surface area contributed by atoms with Crippen molar-refractivity contribution in [2.45, 2.75) is 0 Å². The molecule has 3 aliphatic rings. The fourth-order valence-corrected chi connectivity index (χ4v) is 23.6. The minimum atomic E-state index is 0.656. The van der Waals surface area contributed by atoms with E-state index in [-0.39, 0.29) is 0 Å². The minimum Gasteiger partial charge on any atom is -0.192 e. The fourth-order valence-electron chi connectivity index (χ4n) is 23.6. The van der Waals surface area contributed by atoms with E-state index < -0.39 is 0 Å². The zero-order valence-corrected chi connectivity index (χ0v) is 70.6. The van der Waals surface area contributed by atoms with Crippen LogP contribution in [0.15, 0.2) is 443 Å². The van der Waals surface area contributed by atoms with Crippen molar-refractivity contribution in [3.05, 3.63) is 448 Å². The summed E-state index contributed by atoms with van der Waals surface area (Å²) in [5.74, 6) is 0. The van der Waals surface area contributed by atoms with Gasteiger partial charge < -0.3 is 0 Å². The van der Waals surface area contributed by atoms with Gasteiger partial charge in [-0.3, -0.25) is 0 Å². The Kier molecular flexibility index (Phi) is 15.5. The first kappa shape index (κ1) is 72.2. The SMILES string of the molecule is N#Cc1ccc(-c2ccc(-c3ccc4c5c(cccc35)-c3c-4c(-c4ccccc4)c4ccccc4c3-c3ccc(-c4ccc5c(c4)c4cc(-c6ccc7c(-c8ccccc8)c8c(c(-c9ccccc9)c7c6)-c6cc7ccccc7c7c6c-8cc6ccccc67)ccc4c4c6cccc7c6c(cc54)-c4c-7c(-c5ccccc5)c5ccccc5c4-c4ccccc4)cc3)cc2)cc1. The summed E-state index contributed by atoms with van der Waals surface area (Å²) in [7, 11) is 0. The molecule has 0 saturated carbocycles. The van der Waals surface area contributed by atoms with E-state index in [2.05, 4.69) is 425 Å². The number of benzene rings is 25. The van der Waals surface area contributed by atoms with Crippen LogP contribution >= 0.6 is 0 Å². The van der Waals surface area contributed by atoms with Crippen LogP contribution in [0.4, 0.5) is 0 Å². The fraction of sp³-hybridized carbons (Fsp3) is 0. The van der Waals surface area contributed by atoms with Gasteiger partial charge in [-0.25, -0.2) is 0 Å². The molecule has 0 atom stereocenters. The van der Waals surface area contributed by atoms with Crippen molar-refractivity contribution in [1.29, 1.82) is 5.26 Å². The lowest BCUT2D eigenvalue weighted by atomic mass is 9.81. The predicted molar refractivity (Wildman–Crippen MR) is 551 cm³/mol. The Morgan fingerprint density at radius 3 is 0.892 bits per heavy atom. The monoisotopic (exact) mass is 1640 g/mol. The molecule has 0 bridgehead atoms. The molecule has 0 fully saturated rings. The Morgan fingerprint density at radius 2 is 0.423 bits per heavy atom. The molecule has 28 rings (SSSR count). The molecule has 25 aromatic rings. The second-order valence-electron chi connectivity index (χ2n) is 35.6. The smallest absolute Gasteiger partial charge is 0.0991 e. The molecule has 0 N–H and O–H groups in total. The standard InChI is InChI=1S/C129H73N/c130-74-75-48-50-76(51-49-75)77-52-56-79(57-53-77)91-66-67-105-119-95(91)44-24-46-103(119)124-117(99-43-23-21-41-97(99)114(126(105)124)81-28-8-2-9-29-81)85-58-54-78(55-59-85)86-60-63-94-106(68-86)107-69-87(61-64-100(107)120-102-45-25-47-104-121(102)112(73-109(94)120)129-115(82-30-10-3-11-31-82)98-42-22-20-40-96(98)113(125(104)129)80-26-6-1-7-27-80)88-62-65-101-108(70-88)118(84-34-14-5-15-35-84)128-111-72-90-37-17-19-39-93(90)122-92-38-18-16-36-89(92)71-110(123(111)122)127(128)116(101)83-32-12-4-13-33-83/h1-73H. The average Bonchev–Trinajstić information content (AvgIpc) is 1.52. The van der Waals surface area contributed by atoms with Crippen molar-refractivity contribution in [1.82, 2.24) is 0 Å². The minimum absolute atomic E-state index is 0.656. The van der Waals surface area contributed by atoms with Gasteiger partial charge >= 0.3 is 0 Å². The molecule has 1 heteroatoms. The first-order chi connectivity index (χ1) is 64.5. The second kappa shape index (κ2) is 27.9. The number of nitriles is 1. The lowest BCUT2D eigenvalue weighted by Crippen LogP contribution is -1.94. The maximum Gasteiger partial charge on any atom is 0.0991 e. The molecule has 0 aromatic heterocycles. The molecule has 594 valence electrons. The van der Waals surface area contributed by atoms with Crippen LogP contribution in [-0.2, 0) is 0 Å². The Balaban J connectivity index is 0.675.